The molecule has 32 heavy (non-hydrogen) atoms. The minimum atomic E-state index is -0.329. The van der Waals surface area contributed by atoms with Crippen LogP contribution in [0, 0.1) is 0 Å². The van der Waals surface area contributed by atoms with Crippen LogP contribution in [0.1, 0.15) is 16.7 Å². The van der Waals surface area contributed by atoms with Crippen LogP contribution in [-0.2, 0) is 12.1 Å². The van der Waals surface area contributed by atoms with E-state index in [0.717, 1.165) is 18.6 Å². The third-order valence-electron chi connectivity index (χ3n) is 6.65. The first-order valence-corrected chi connectivity index (χ1v) is 11.2. The molecule has 1 aliphatic heterocycles. The number of hydrogen-bond donors (Lipinski definition) is 0. The minimum Gasteiger partial charge on any atom is -0.329 e. The van der Waals surface area contributed by atoms with Crippen LogP contribution >= 0.6 is 0 Å². The van der Waals surface area contributed by atoms with Crippen LogP contribution in [0.5, 0.6) is 0 Å². The quantitative estimate of drug-likeness (QED) is 0.261. The van der Waals surface area contributed by atoms with Crippen LogP contribution in [-0.4, -0.2) is 27.0 Å². The topological polar surface area (TPSA) is 20.8 Å². The van der Waals surface area contributed by atoms with Gasteiger partial charge in [-0.2, -0.15) is 0 Å². The van der Waals surface area contributed by atoms with E-state index in [2.05, 4.69) is 124 Å². The van der Waals surface area contributed by atoms with Gasteiger partial charge in [0.15, 0.2) is 0 Å². The highest BCUT2D eigenvalue weighted by Crippen LogP contribution is 2.48. The maximum atomic E-state index is 4.61. The van der Waals surface area contributed by atoms with Crippen molar-refractivity contribution in [3.8, 4) is 0 Å². The first kappa shape index (κ1) is 19.0. The summed E-state index contributed by atoms with van der Waals surface area (Å²) in [4.78, 5) is 7.25. The van der Waals surface area contributed by atoms with Crippen LogP contribution in [0.4, 0.5) is 0 Å². The molecule has 0 aliphatic carbocycles. The molecule has 156 valence electrons. The van der Waals surface area contributed by atoms with Crippen LogP contribution in [0.3, 0.4) is 0 Å². The van der Waals surface area contributed by atoms with E-state index < -0.39 is 0 Å². The summed E-state index contributed by atoms with van der Waals surface area (Å²) >= 11 is 0. The average molecular weight is 416 g/mol. The monoisotopic (exact) mass is 415 g/mol. The highest BCUT2D eigenvalue weighted by Gasteiger charge is 2.53. The van der Waals surface area contributed by atoms with Crippen molar-refractivity contribution in [2.75, 3.05) is 6.54 Å². The summed E-state index contributed by atoms with van der Waals surface area (Å²) in [5, 5.41) is 0. The Morgan fingerprint density at radius 1 is 0.656 bits per heavy atom. The molecule has 0 bridgehead atoms. The van der Waals surface area contributed by atoms with Crippen molar-refractivity contribution in [2.45, 2.75) is 18.1 Å². The van der Waals surface area contributed by atoms with E-state index >= 15 is 0 Å². The normalized spacial score (nSPS) is 18.0. The molecule has 2 unspecified atom stereocenters. The van der Waals surface area contributed by atoms with Crippen LogP contribution in [0.2, 0.25) is 0 Å². The van der Waals surface area contributed by atoms with Crippen molar-refractivity contribution in [1.29, 1.82) is 0 Å². The maximum Gasteiger partial charge on any atom is 0.0976 e. The summed E-state index contributed by atoms with van der Waals surface area (Å²) in [5.41, 5.74) is 5.83. The van der Waals surface area contributed by atoms with Gasteiger partial charge >= 0.3 is 0 Å². The molecule has 1 aromatic heterocycles. The highest BCUT2D eigenvalue weighted by molar-refractivity contribution is 5.75. The number of fused-ring (bicyclic) bond motifs is 1. The van der Waals surface area contributed by atoms with Gasteiger partial charge in [-0.05, 0) is 28.8 Å². The fraction of sp³-hybridized carbons (Fsp3) is 0.138. The third kappa shape index (κ3) is 3.05. The lowest BCUT2D eigenvalue weighted by molar-refractivity contribution is 0.311. The fourth-order valence-electron chi connectivity index (χ4n) is 5.17. The van der Waals surface area contributed by atoms with E-state index in [1.54, 1.807) is 0 Å². The lowest BCUT2D eigenvalue weighted by Crippen LogP contribution is -2.39. The zero-order chi connectivity index (χ0) is 21.4. The van der Waals surface area contributed by atoms with Gasteiger partial charge in [0.2, 0.25) is 0 Å². The maximum absolute atomic E-state index is 4.61. The van der Waals surface area contributed by atoms with Gasteiger partial charge in [0.05, 0.1) is 22.9 Å². The first-order chi connectivity index (χ1) is 15.9. The van der Waals surface area contributed by atoms with Gasteiger partial charge in [-0.15, -0.1) is 0 Å². The molecule has 1 fully saturated rings. The largest absolute Gasteiger partial charge is 0.329 e. The first-order valence-electron chi connectivity index (χ1n) is 11.2. The third-order valence-corrected chi connectivity index (χ3v) is 6.65. The molecule has 0 radical (unpaired) electrons. The van der Waals surface area contributed by atoms with Crippen molar-refractivity contribution < 1.29 is 0 Å². The predicted octanol–water partition coefficient (Wildman–Crippen LogP) is 5.71. The predicted molar refractivity (Wildman–Crippen MR) is 129 cm³/mol. The van der Waals surface area contributed by atoms with Gasteiger partial charge in [-0.25, -0.2) is 4.98 Å². The molecule has 6 rings (SSSR count). The van der Waals surface area contributed by atoms with Gasteiger partial charge in [0.25, 0.3) is 0 Å². The molecule has 0 saturated carbocycles. The molecule has 4 aromatic carbocycles. The lowest BCUT2D eigenvalue weighted by Gasteiger charge is -2.38. The van der Waals surface area contributed by atoms with E-state index in [1.807, 2.05) is 12.4 Å². The lowest BCUT2D eigenvalue weighted by atomic mass is 9.76. The number of rotatable bonds is 6. The Morgan fingerprint density at radius 3 is 1.72 bits per heavy atom. The summed E-state index contributed by atoms with van der Waals surface area (Å²) < 4.78 is 2.30. The number of nitrogens with zero attached hydrogens (tertiary/aromatic N) is 3. The molecule has 3 heteroatoms. The van der Waals surface area contributed by atoms with Gasteiger partial charge in [0, 0.05) is 19.1 Å². The molecule has 5 aromatic rings. The zero-order valence-electron chi connectivity index (χ0n) is 17.9. The van der Waals surface area contributed by atoms with Crippen molar-refractivity contribution in [1.82, 2.24) is 14.5 Å². The Kier molecular flexibility index (Phi) is 4.62. The van der Waals surface area contributed by atoms with Crippen molar-refractivity contribution >= 4 is 11.0 Å². The van der Waals surface area contributed by atoms with E-state index in [-0.39, 0.29) is 5.54 Å². The number of imidazole rings is 1. The van der Waals surface area contributed by atoms with Crippen LogP contribution in [0.25, 0.3) is 11.0 Å². The second kappa shape index (κ2) is 7.77. The second-order valence-corrected chi connectivity index (χ2v) is 8.50. The SMILES string of the molecule is c1ccc(C(c2ccccc2)(c2ccccc2)N2CC2Cn2cnc3ccccc32)cc1. The van der Waals surface area contributed by atoms with Gasteiger partial charge in [-0.3, -0.25) is 4.90 Å². The summed E-state index contributed by atoms with van der Waals surface area (Å²) in [7, 11) is 0. The standard InChI is InChI=1S/C29H25N3/c1-4-12-23(13-5-1)29(24-14-6-2-7-15-24,25-16-8-3-9-17-25)32-21-26(32)20-31-22-30-27-18-10-11-19-28(27)31/h1-19,22,26H,20-21H2. The Balaban J connectivity index is 1.48. The van der Waals surface area contributed by atoms with Crippen molar-refractivity contribution in [3.05, 3.63) is 138 Å². The number of benzene rings is 4. The molecule has 2 heterocycles. The Bertz CT molecular complexity index is 1230. The van der Waals surface area contributed by atoms with Crippen molar-refractivity contribution in [3.63, 3.8) is 0 Å². The van der Waals surface area contributed by atoms with Gasteiger partial charge in [0.1, 0.15) is 0 Å². The second-order valence-electron chi connectivity index (χ2n) is 8.50. The summed E-state index contributed by atoms with van der Waals surface area (Å²) in [6.45, 7) is 1.96. The van der Waals surface area contributed by atoms with E-state index in [0.29, 0.717) is 6.04 Å². The smallest absolute Gasteiger partial charge is 0.0976 e. The van der Waals surface area contributed by atoms with Crippen molar-refractivity contribution in [2.24, 2.45) is 0 Å². The molecule has 3 nitrogen and oxygen atoms in total. The molecule has 0 spiro atoms. The summed E-state index contributed by atoms with van der Waals surface area (Å²) in [6.07, 6.45) is 1.98. The Hall–Kier alpha value is -3.69. The molecule has 0 N–H and O–H groups in total. The minimum absolute atomic E-state index is 0.329. The van der Waals surface area contributed by atoms with Gasteiger partial charge in [-0.1, -0.05) is 103 Å². The summed E-state index contributed by atoms with van der Waals surface area (Å²) in [6, 6.07) is 41.6. The average Bonchev–Trinajstić information content (AvgIpc) is 3.51. The highest BCUT2D eigenvalue weighted by atomic mass is 15.4. The van der Waals surface area contributed by atoms with Crippen LogP contribution < -0.4 is 0 Å². The van der Waals surface area contributed by atoms with E-state index in [4.69, 9.17) is 0 Å². The van der Waals surface area contributed by atoms with Gasteiger partial charge < -0.3 is 4.57 Å². The number of para-hydroxylation sites is 2. The van der Waals surface area contributed by atoms with E-state index in [1.165, 1.54) is 22.2 Å². The molecule has 1 aliphatic rings. The van der Waals surface area contributed by atoms with E-state index in [9.17, 15) is 0 Å². The summed E-state index contributed by atoms with van der Waals surface area (Å²) in [5.74, 6) is 0. The molecule has 0 amide bonds. The fourth-order valence-corrected chi connectivity index (χ4v) is 5.17. The Morgan fingerprint density at radius 2 is 1.16 bits per heavy atom. The number of aromatic nitrogens is 2. The number of hydrogen-bond acceptors (Lipinski definition) is 2. The Labute approximate surface area is 188 Å². The molecular formula is C29H25N3. The van der Waals surface area contributed by atoms with Crippen LogP contribution in [0.15, 0.2) is 122 Å². The molecule has 1 saturated heterocycles. The molecular weight excluding hydrogens is 390 g/mol. The molecule has 2 atom stereocenters. The zero-order valence-corrected chi connectivity index (χ0v) is 17.9.